The van der Waals surface area contributed by atoms with Gasteiger partial charge in [-0.1, -0.05) is 6.92 Å². The van der Waals surface area contributed by atoms with Crippen molar-refractivity contribution in [2.45, 2.75) is 38.8 Å². The van der Waals surface area contributed by atoms with Crippen LogP contribution in [0.3, 0.4) is 0 Å². The number of hydrogen-bond donors (Lipinski definition) is 3. The maximum absolute atomic E-state index is 11.6. The van der Waals surface area contributed by atoms with Crippen LogP contribution >= 0.6 is 0 Å². The minimum Gasteiger partial charge on any atom is -0.396 e. The van der Waals surface area contributed by atoms with E-state index in [1.165, 1.54) is 0 Å². The molecule has 2 unspecified atom stereocenters. The van der Waals surface area contributed by atoms with E-state index in [2.05, 4.69) is 10.6 Å². The summed E-state index contributed by atoms with van der Waals surface area (Å²) in [6.45, 7) is 3.74. The van der Waals surface area contributed by atoms with Crippen molar-refractivity contribution in [3.8, 4) is 0 Å². The number of amides is 2. The van der Waals surface area contributed by atoms with Gasteiger partial charge in [-0.3, -0.25) is 9.59 Å². The monoisotopic (exact) mass is 214 g/mol. The van der Waals surface area contributed by atoms with Crippen molar-refractivity contribution in [1.82, 2.24) is 10.6 Å². The lowest BCUT2D eigenvalue weighted by molar-refractivity contribution is -0.126. The van der Waals surface area contributed by atoms with E-state index in [0.717, 1.165) is 0 Å². The summed E-state index contributed by atoms with van der Waals surface area (Å²) >= 11 is 0. The third-order valence-corrected chi connectivity index (χ3v) is 2.82. The third-order valence-electron chi connectivity index (χ3n) is 2.82. The fraction of sp³-hybridized carbons (Fsp3) is 0.800. The summed E-state index contributed by atoms with van der Waals surface area (Å²) < 4.78 is 0. The molecule has 0 aliphatic carbocycles. The molecule has 1 fully saturated rings. The topological polar surface area (TPSA) is 78.4 Å². The van der Waals surface area contributed by atoms with Gasteiger partial charge in [0.25, 0.3) is 0 Å². The molecule has 2 amide bonds. The first-order chi connectivity index (χ1) is 7.04. The van der Waals surface area contributed by atoms with E-state index >= 15 is 0 Å². The molecule has 3 N–H and O–H groups in total. The Morgan fingerprint density at radius 1 is 1.67 bits per heavy atom. The molecular weight excluding hydrogens is 196 g/mol. The minimum atomic E-state index is -0.397. The van der Waals surface area contributed by atoms with E-state index < -0.39 is 6.04 Å². The van der Waals surface area contributed by atoms with Gasteiger partial charge >= 0.3 is 0 Å². The van der Waals surface area contributed by atoms with Crippen LogP contribution in [0.25, 0.3) is 0 Å². The van der Waals surface area contributed by atoms with E-state index in [1.807, 2.05) is 13.8 Å². The predicted molar refractivity (Wildman–Crippen MR) is 55.0 cm³/mol. The highest BCUT2D eigenvalue weighted by Gasteiger charge is 2.28. The van der Waals surface area contributed by atoms with Gasteiger partial charge in [0.15, 0.2) is 0 Å². The fourth-order valence-electron chi connectivity index (χ4n) is 1.44. The van der Waals surface area contributed by atoms with Gasteiger partial charge in [-0.05, 0) is 19.3 Å². The van der Waals surface area contributed by atoms with Gasteiger partial charge in [-0.15, -0.1) is 0 Å². The highest BCUT2D eigenvalue weighted by Crippen LogP contribution is 2.08. The first-order valence-corrected chi connectivity index (χ1v) is 5.25. The van der Waals surface area contributed by atoms with E-state index in [9.17, 15) is 9.59 Å². The van der Waals surface area contributed by atoms with Crippen LogP contribution in [0.5, 0.6) is 0 Å². The molecule has 0 aromatic rings. The Bertz CT molecular complexity index is 255. The Hall–Kier alpha value is -1.10. The van der Waals surface area contributed by atoms with Gasteiger partial charge in [0, 0.05) is 19.1 Å². The normalized spacial score (nSPS) is 24.5. The van der Waals surface area contributed by atoms with E-state index in [4.69, 9.17) is 5.11 Å². The van der Waals surface area contributed by atoms with Crippen molar-refractivity contribution in [3.05, 3.63) is 0 Å². The fourth-order valence-corrected chi connectivity index (χ4v) is 1.44. The molecule has 0 aromatic carbocycles. The van der Waals surface area contributed by atoms with Crippen LogP contribution < -0.4 is 10.6 Å². The molecule has 0 radical (unpaired) electrons. The largest absolute Gasteiger partial charge is 0.396 e. The van der Waals surface area contributed by atoms with Crippen LogP contribution in [-0.2, 0) is 9.59 Å². The van der Waals surface area contributed by atoms with Crippen molar-refractivity contribution in [2.75, 3.05) is 6.61 Å². The molecule has 1 heterocycles. The summed E-state index contributed by atoms with van der Waals surface area (Å²) in [5.41, 5.74) is 0. The Balaban J connectivity index is 2.38. The number of carbonyl (C=O) groups is 2. The molecule has 5 nitrogen and oxygen atoms in total. The average molecular weight is 214 g/mol. The zero-order valence-corrected chi connectivity index (χ0v) is 9.12. The maximum atomic E-state index is 11.6. The van der Waals surface area contributed by atoms with Crippen LogP contribution in [-0.4, -0.2) is 35.6 Å². The van der Waals surface area contributed by atoms with E-state index in [-0.39, 0.29) is 30.4 Å². The number of hydrogen-bond acceptors (Lipinski definition) is 3. The van der Waals surface area contributed by atoms with Crippen molar-refractivity contribution in [3.63, 3.8) is 0 Å². The lowest BCUT2D eigenvalue weighted by Gasteiger charge is -2.21. The molecule has 0 spiro atoms. The predicted octanol–water partition coefficient (Wildman–Crippen LogP) is -0.602. The molecule has 1 aliphatic rings. The molecular formula is C10H18N2O3. The standard InChI is InChI=1S/C10H18N2O3/c1-6(5-13)7(2)11-10(15)8-3-4-9(14)12-8/h6-8,13H,3-5H2,1-2H3,(H,11,15)(H,12,14)/t6?,7?,8-/m1/s1. The number of rotatable bonds is 4. The maximum Gasteiger partial charge on any atom is 0.242 e. The van der Waals surface area contributed by atoms with Crippen LogP contribution in [0.15, 0.2) is 0 Å². The Labute approximate surface area is 89.2 Å². The summed E-state index contributed by atoms with van der Waals surface area (Å²) in [4.78, 5) is 22.5. The highest BCUT2D eigenvalue weighted by atomic mass is 16.3. The number of aliphatic hydroxyl groups is 1. The second-order valence-electron chi connectivity index (χ2n) is 4.12. The SMILES string of the molecule is CC(CO)C(C)NC(=O)[C@H]1CCC(=O)N1. The minimum absolute atomic E-state index is 0.0195. The molecule has 0 bridgehead atoms. The van der Waals surface area contributed by atoms with Gasteiger partial charge < -0.3 is 15.7 Å². The zero-order valence-electron chi connectivity index (χ0n) is 9.12. The Morgan fingerprint density at radius 3 is 2.80 bits per heavy atom. The zero-order chi connectivity index (χ0) is 11.4. The highest BCUT2D eigenvalue weighted by molar-refractivity contribution is 5.90. The van der Waals surface area contributed by atoms with Gasteiger partial charge in [0.1, 0.15) is 6.04 Å². The molecule has 0 aromatic heterocycles. The van der Waals surface area contributed by atoms with E-state index in [0.29, 0.717) is 12.8 Å². The lowest BCUT2D eigenvalue weighted by atomic mass is 10.0. The summed E-state index contributed by atoms with van der Waals surface area (Å²) in [7, 11) is 0. The van der Waals surface area contributed by atoms with E-state index in [1.54, 1.807) is 0 Å². The summed E-state index contributed by atoms with van der Waals surface area (Å²) in [5.74, 6) is -0.210. The lowest BCUT2D eigenvalue weighted by Crippen LogP contribution is -2.47. The van der Waals surface area contributed by atoms with Crippen molar-refractivity contribution < 1.29 is 14.7 Å². The van der Waals surface area contributed by atoms with Gasteiger partial charge in [-0.25, -0.2) is 0 Å². The first-order valence-electron chi connectivity index (χ1n) is 5.25. The third kappa shape index (κ3) is 3.20. The Kier molecular flexibility index (Phi) is 4.08. The average Bonchev–Trinajstić information content (AvgIpc) is 2.63. The molecule has 5 heteroatoms. The molecule has 1 aliphatic heterocycles. The molecule has 0 saturated carbocycles. The molecule has 1 saturated heterocycles. The smallest absolute Gasteiger partial charge is 0.242 e. The van der Waals surface area contributed by atoms with Crippen molar-refractivity contribution in [1.29, 1.82) is 0 Å². The van der Waals surface area contributed by atoms with Crippen molar-refractivity contribution >= 4 is 11.8 Å². The molecule has 3 atom stereocenters. The summed E-state index contributed by atoms with van der Waals surface area (Å²) in [5, 5.41) is 14.3. The quantitative estimate of drug-likeness (QED) is 0.584. The first kappa shape index (κ1) is 12.0. The van der Waals surface area contributed by atoms with Crippen LogP contribution in [0.1, 0.15) is 26.7 Å². The molecule has 86 valence electrons. The molecule has 15 heavy (non-hydrogen) atoms. The number of carbonyl (C=O) groups excluding carboxylic acids is 2. The number of nitrogens with one attached hydrogen (secondary N) is 2. The second-order valence-corrected chi connectivity index (χ2v) is 4.12. The van der Waals surface area contributed by atoms with Crippen LogP contribution in [0.4, 0.5) is 0 Å². The van der Waals surface area contributed by atoms with Crippen LogP contribution in [0, 0.1) is 5.92 Å². The summed E-state index contributed by atoms with van der Waals surface area (Å²) in [6, 6.07) is -0.481. The van der Waals surface area contributed by atoms with Gasteiger partial charge in [-0.2, -0.15) is 0 Å². The van der Waals surface area contributed by atoms with Gasteiger partial charge in [0.2, 0.25) is 11.8 Å². The summed E-state index contributed by atoms with van der Waals surface area (Å²) in [6.07, 6.45) is 0.979. The Morgan fingerprint density at radius 2 is 2.33 bits per heavy atom. The second kappa shape index (κ2) is 5.11. The number of aliphatic hydroxyl groups excluding tert-OH is 1. The van der Waals surface area contributed by atoms with Crippen LogP contribution in [0.2, 0.25) is 0 Å². The van der Waals surface area contributed by atoms with Gasteiger partial charge in [0.05, 0.1) is 0 Å². The van der Waals surface area contributed by atoms with Crippen molar-refractivity contribution in [2.24, 2.45) is 5.92 Å². The molecule has 1 rings (SSSR count).